The van der Waals surface area contributed by atoms with Crippen LogP contribution in [0.2, 0.25) is 0 Å². The van der Waals surface area contributed by atoms with Crippen molar-refractivity contribution in [3.8, 4) is 56.4 Å². The molecule has 4 bridgehead atoms. The van der Waals surface area contributed by atoms with Crippen molar-refractivity contribution in [2.75, 3.05) is 106 Å². The van der Waals surface area contributed by atoms with Crippen LogP contribution in [0.3, 0.4) is 0 Å². The van der Waals surface area contributed by atoms with Gasteiger partial charge in [0.25, 0.3) is 0 Å². The van der Waals surface area contributed by atoms with E-state index >= 15 is 0 Å². The van der Waals surface area contributed by atoms with Gasteiger partial charge in [-0.15, -0.1) is 0 Å². The number of allylic oxidation sites excluding steroid dienone is 2. The van der Waals surface area contributed by atoms with Gasteiger partial charge in [0.05, 0.1) is 79.3 Å². The number of ether oxygens (including phenoxy) is 10. The molecule has 0 saturated carbocycles. The summed E-state index contributed by atoms with van der Waals surface area (Å²) in [5.41, 5.74) is 14.1. The van der Waals surface area contributed by atoms with E-state index < -0.39 is 0 Å². The molecule has 0 aromatic heterocycles. The molecule has 0 amide bonds. The van der Waals surface area contributed by atoms with Crippen molar-refractivity contribution in [1.29, 1.82) is 0 Å². The van der Waals surface area contributed by atoms with Crippen LogP contribution in [0.25, 0.3) is 66.1 Å². The lowest BCUT2D eigenvalue weighted by Crippen LogP contribution is -2.15. The number of aryl methyl sites for hydroxylation is 2. The van der Waals surface area contributed by atoms with Crippen LogP contribution in [0, 0.1) is 0 Å². The van der Waals surface area contributed by atoms with E-state index in [-0.39, 0.29) is 0 Å². The Bertz CT molecular complexity index is 3030. The first-order valence-corrected chi connectivity index (χ1v) is 27.0. The van der Waals surface area contributed by atoms with Gasteiger partial charge >= 0.3 is 0 Å². The normalized spacial score (nSPS) is 17.9. The molecule has 0 atom stereocenters. The SMILES string of the molecule is c1ccc(-c2cc3ccccc3c3c2OCCOCCOCCOCCOc2ccc4c(c2)/C(=C2/CCc5ccc(cc52)OCCOCCOCCOCCOc2c(-c5ccccc5)cc5ccccc5c2-3)CC4)cc1. The molecule has 0 spiro atoms. The fraction of sp³-hybridized carbons (Fsp3) is 0.303. The van der Waals surface area contributed by atoms with E-state index in [1.807, 2.05) is 12.1 Å². The Morgan fingerprint density at radius 2 is 0.605 bits per heavy atom. The van der Waals surface area contributed by atoms with E-state index in [1.54, 1.807) is 0 Å². The third kappa shape index (κ3) is 12.1. The van der Waals surface area contributed by atoms with Gasteiger partial charge in [0.2, 0.25) is 0 Å². The van der Waals surface area contributed by atoms with E-state index in [0.29, 0.717) is 106 Å². The molecule has 0 unspecified atom stereocenters. The maximum absolute atomic E-state index is 7.02. The molecule has 10 heteroatoms. The molecule has 2 aliphatic carbocycles. The molecule has 10 nitrogen and oxygen atoms in total. The monoisotopic (exact) mass is 1020 g/mol. The minimum Gasteiger partial charge on any atom is -0.491 e. The van der Waals surface area contributed by atoms with Crippen molar-refractivity contribution in [3.63, 3.8) is 0 Å². The minimum absolute atomic E-state index is 0.314. The topological polar surface area (TPSA) is 92.3 Å². The predicted octanol–water partition coefficient (Wildman–Crippen LogP) is 13.1. The largest absolute Gasteiger partial charge is 0.491 e. The number of hydrogen-bond donors (Lipinski definition) is 0. The zero-order valence-corrected chi connectivity index (χ0v) is 43.2. The molecular weight excluding hydrogens is 953 g/mol. The number of rotatable bonds is 2. The lowest BCUT2D eigenvalue weighted by molar-refractivity contribution is 0.00497. The summed E-state index contributed by atoms with van der Waals surface area (Å²) in [6.45, 7) is 6.76. The third-order valence-electron chi connectivity index (χ3n) is 14.3. The fourth-order valence-corrected chi connectivity index (χ4v) is 10.7. The van der Waals surface area contributed by atoms with Crippen LogP contribution in [0.15, 0.2) is 158 Å². The van der Waals surface area contributed by atoms with E-state index in [4.69, 9.17) is 47.4 Å². The Balaban J connectivity index is 0.827. The average molecular weight is 1020 g/mol. The highest BCUT2D eigenvalue weighted by Gasteiger charge is 2.28. The van der Waals surface area contributed by atoms with E-state index in [1.165, 1.54) is 33.4 Å². The lowest BCUT2D eigenvalue weighted by Gasteiger charge is -2.24. The van der Waals surface area contributed by atoms with E-state index in [0.717, 1.165) is 104 Å². The maximum atomic E-state index is 7.02. The molecule has 1 aliphatic heterocycles. The first-order valence-electron chi connectivity index (χ1n) is 27.0. The van der Waals surface area contributed by atoms with Gasteiger partial charge in [0, 0.05) is 22.3 Å². The van der Waals surface area contributed by atoms with Crippen LogP contribution in [0.1, 0.15) is 35.1 Å². The molecule has 0 fully saturated rings. The van der Waals surface area contributed by atoms with Crippen LogP contribution >= 0.6 is 0 Å². The molecule has 0 N–H and O–H groups in total. The number of benzene rings is 8. The molecular formula is C66H66O10. The van der Waals surface area contributed by atoms with Crippen molar-refractivity contribution in [2.24, 2.45) is 0 Å². The second kappa shape index (κ2) is 25.7. The van der Waals surface area contributed by atoms with Crippen LogP contribution in [-0.2, 0) is 41.3 Å². The zero-order valence-electron chi connectivity index (χ0n) is 43.2. The first kappa shape index (κ1) is 51.1. The summed E-state index contributed by atoms with van der Waals surface area (Å²) >= 11 is 0. The van der Waals surface area contributed by atoms with Gasteiger partial charge in [-0.05, 0) is 128 Å². The Kier molecular flexibility index (Phi) is 17.3. The molecule has 8 aromatic rings. The predicted molar refractivity (Wildman–Crippen MR) is 301 cm³/mol. The Morgan fingerprint density at radius 1 is 0.263 bits per heavy atom. The van der Waals surface area contributed by atoms with Crippen molar-refractivity contribution >= 4 is 32.7 Å². The van der Waals surface area contributed by atoms with E-state index in [9.17, 15) is 0 Å². The Morgan fingerprint density at radius 3 is 1.00 bits per heavy atom. The summed E-state index contributed by atoms with van der Waals surface area (Å²) in [4.78, 5) is 0. The Labute approximate surface area is 446 Å². The van der Waals surface area contributed by atoms with Gasteiger partial charge < -0.3 is 47.4 Å². The summed E-state index contributed by atoms with van der Waals surface area (Å²) in [7, 11) is 0. The minimum atomic E-state index is 0.314. The van der Waals surface area contributed by atoms with Gasteiger partial charge in [0.15, 0.2) is 0 Å². The highest BCUT2D eigenvalue weighted by atomic mass is 16.6. The van der Waals surface area contributed by atoms with Crippen LogP contribution in [0.4, 0.5) is 0 Å². The number of hydrogen-bond acceptors (Lipinski definition) is 10. The van der Waals surface area contributed by atoms with Gasteiger partial charge in [-0.3, -0.25) is 0 Å². The molecule has 1 heterocycles. The summed E-state index contributed by atoms with van der Waals surface area (Å²) in [6, 6.07) is 55.4. The van der Waals surface area contributed by atoms with Crippen LogP contribution in [-0.4, -0.2) is 106 Å². The van der Waals surface area contributed by atoms with Gasteiger partial charge in [-0.2, -0.15) is 0 Å². The summed E-state index contributed by atoms with van der Waals surface area (Å²) in [6.07, 6.45) is 4.13. The zero-order chi connectivity index (χ0) is 51.1. The quantitative estimate of drug-likeness (QED) is 0.167. The van der Waals surface area contributed by atoms with Crippen molar-refractivity contribution in [2.45, 2.75) is 25.7 Å². The molecule has 76 heavy (non-hydrogen) atoms. The maximum Gasteiger partial charge on any atom is 0.135 e. The van der Waals surface area contributed by atoms with Gasteiger partial charge in [0.1, 0.15) is 49.4 Å². The third-order valence-corrected chi connectivity index (χ3v) is 14.3. The molecule has 3 aliphatic rings. The molecule has 0 saturated heterocycles. The lowest BCUT2D eigenvalue weighted by atomic mass is 9.86. The van der Waals surface area contributed by atoms with Crippen molar-refractivity contribution in [1.82, 2.24) is 0 Å². The average Bonchev–Trinajstić information content (AvgIpc) is 4.19. The van der Waals surface area contributed by atoms with E-state index in [2.05, 4.69) is 146 Å². The second-order valence-electron chi connectivity index (χ2n) is 19.1. The summed E-state index contributed by atoms with van der Waals surface area (Å²) < 4.78 is 62.4. The summed E-state index contributed by atoms with van der Waals surface area (Å²) in [5.74, 6) is 3.23. The molecule has 8 aromatic carbocycles. The highest BCUT2D eigenvalue weighted by molar-refractivity contribution is 6.14. The summed E-state index contributed by atoms with van der Waals surface area (Å²) in [5, 5.41) is 4.27. The number of fused-ring (bicyclic) bond motifs is 9. The second-order valence-corrected chi connectivity index (χ2v) is 19.1. The molecule has 0 radical (unpaired) electrons. The highest BCUT2D eigenvalue weighted by Crippen LogP contribution is 2.52. The smallest absolute Gasteiger partial charge is 0.135 e. The molecule has 390 valence electrons. The Hall–Kier alpha value is -7.02. The first-order chi connectivity index (χ1) is 37.8. The van der Waals surface area contributed by atoms with Crippen LogP contribution in [0.5, 0.6) is 23.0 Å². The van der Waals surface area contributed by atoms with Crippen molar-refractivity contribution < 1.29 is 47.4 Å². The standard InChI is InChI=1S/C66H66O10/c1-3-11-47(12-4-1)61-43-51-15-7-9-17-55(51)63-64-56-18-10-8-16-52(56)44-62(48-13-5-2-6-14-48)66(64)76-42-38-72-34-30-68-28-32-70-36-40-74-54-24-20-50-22-26-58(60(50)46-54)57-25-21-49-19-23-53(45-59(49)57)73-39-35-69-31-27-67-29-33-71-37-41-75-65(61)63/h1-20,23-24,43-46H,21-22,25-42H2/b58-57-. The van der Waals surface area contributed by atoms with Crippen molar-refractivity contribution in [3.05, 3.63) is 180 Å². The molecule has 11 rings (SSSR count). The van der Waals surface area contributed by atoms with Gasteiger partial charge in [-0.1, -0.05) is 121 Å². The van der Waals surface area contributed by atoms with Crippen LogP contribution < -0.4 is 18.9 Å². The van der Waals surface area contributed by atoms with Gasteiger partial charge in [-0.25, -0.2) is 0 Å². The fourth-order valence-electron chi connectivity index (χ4n) is 10.7.